The number of nitrogens with zero attached hydrogens (tertiary/aromatic N) is 1. The maximum atomic E-state index is 5.53. The summed E-state index contributed by atoms with van der Waals surface area (Å²) >= 11 is 4.69. The van der Waals surface area contributed by atoms with Gasteiger partial charge in [0.05, 0.1) is 6.61 Å². The lowest BCUT2D eigenvalue weighted by atomic mass is 10.4. The molecule has 0 heterocycles. The maximum absolute atomic E-state index is 5.53. The molecular weight excluding hydrogens is 194 g/mol. The molecule has 0 aliphatic carbocycles. The van der Waals surface area contributed by atoms with Crippen LogP contribution in [-0.2, 0) is 4.74 Å². The third-order valence-corrected chi connectivity index (χ3v) is 1.80. The Morgan fingerprint density at radius 3 is 2.64 bits per heavy atom. The van der Waals surface area contributed by atoms with E-state index in [4.69, 9.17) is 4.74 Å². The van der Waals surface area contributed by atoms with Crippen LogP contribution >= 0.6 is 12.2 Å². The Morgan fingerprint density at radius 1 is 1.43 bits per heavy atom. The lowest BCUT2D eigenvalue weighted by molar-refractivity contribution is 0.207. The van der Waals surface area contributed by atoms with Crippen LogP contribution < -0.4 is 0 Å². The standard InChI is InChI=1S/C11H19NOS/c1-4-11(7-5-10-14)13-9-6-8-12(2)3/h4-5,7,10H,6,8-9H2,1-3H3/b7-5-,11-4-. The van der Waals surface area contributed by atoms with E-state index in [1.54, 1.807) is 11.4 Å². The normalized spacial score (nSPS) is 12.4. The van der Waals surface area contributed by atoms with Crippen LogP contribution in [-0.4, -0.2) is 37.5 Å². The molecule has 0 unspecified atom stereocenters. The fourth-order valence-corrected chi connectivity index (χ4v) is 1.01. The zero-order valence-corrected chi connectivity index (χ0v) is 10.0. The van der Waals surface area contributed by atoms with Crippen LogP contribution in [0.1, 0.15) is 13.3 Å². The van der Waals surface area contributed by atoms with Crippen molar-refractivity contribution in [3.8, 4) is 0 Å². The van der Waals surface area contributed by atoms with Gasteiger partial charge in [-0.1, -0.05) is 12.2 Å². The molecule has 0 aromatic heterocycles. The Labute approximate surface area is 92.2 Å². The van der Waals surface area contributed by atoms with Gasteiger partial charge in [-0.2, -0.15) is 0 Å². The summed E-state index contributed by atoms with van der Waals surface area (Å²) in [5.74, 6) is 0.879. The van der Waals surface area contributed by atoms with Gasteiger partial charge < -0.3 is 9.64 Å². The van der Waals surface area contributed by atoms with E-state index in [9.17, 15) is 0 Å². The fourth-order valence-electron chi connectivity index (χ4n) is 0.933. The average molecular weight is 213 g/mol. The maximum Gasteiger partial charge on any atom is 0.115 e. The van der Waals surface area contributed by atoms with Gasteiger partial charge in [0.1, 0.15) is 5.76 Å². The topological polar surface area (TPSA) is 12.5 Å². The van der Waals surface area contributed by atoms with Crippen molar-refractivity contribution in [3.63, 3.8) is 0 Å². The molecule has 0 bridgehead atoms. The Hall–Kier alpha value is -0.670. The quantitative estimate of drug-likeness (QED) is 0.212. The molecule has 0 aromatic rings. The summed E-state index contributed by atoms with van der Waals surface area (Å²) in [6.45, 7) is 3.75. The van der Waals surface area contributed by atoms with Crippen LogP contribution in [0.15, 0.2) is 24.0 Å². The first-order valence-electron chi connectivity index (χ1n) is 4.76. The molecule has 2 nitrogen and oxygen atoms in total. The number of hydrogen-bond donors (Lipinski definition) is 0. The molecule has 0 saturated heterocycles. The highest BCUT2D eigenvalue weighted by atomic mass is 32.1. The number of rotatable bonds is 7. The van der Waals surface area contributed by atoms with Crippen LogP contribution in [0.25, 0.3) is 0 Å². The van der Waals surface area contributed by atoms with Crippen LogP contribution in [0, 0.1) is 0 Å². The van der Waals surface area contributed by atoms with Gasteiger partial charge in [0.2, 0.25) is 0 Å². The van der Waals surface area contributed by atoms with Crippen LogP contribution in [0.3, 0.4) is 0 Å². The highest BCUT2D eigenvalue weighted by Gasteiger charge is 1.93. The first-order valence-corrected chi connectivity index (χ1v) is 5.23. The summed E-state index contributed by atoms with van der Waals surface area (Å²) in [6.07, 6.45) is 6.65. The predicted octanol–water partition coefficient (Wildman–Crippen LogP) is 2.41. The summed E-state index contributed by atoms with van der Waals surface area (Å²) in [6, 6.07) is 0. The van der Waals surface area contributed by atoms with Crippen LogP contribution in [0.5, 0.6) is 0 Å². The average Bonchev–Trinajstić information content (AvgIpc) is 2.16. The molecule has 0 rings (SSSR count). The van der Waals surface area contributed by atoms with Crippen molar-refractivity contribution in [2.45, 2.75) is 13.3 Å². The Bertz CT molecular complexity index is 209. The highest BCUT2D eigenvalue weighted by molar-refractivity contribution is 7.79. The van der Waals surface area contributed by atoms with E-state index in [1.807, 2.05) is 19.1 Å². The fraction of sp³-hybridized carbons (Fsp3) is 0.545. The second-order valence-corrected chi connectivity index (χ2v) is 3.46. The van der Waals surface area contributed by atoms with E-state index >= 15 is 0 Å². The lowest BCUT2D eigenvalue weighted by Crippen LogP contribution is -2.14. The molecule has 0 saturated carbocycles. The van der Waals surface area contributed by atoms with Crippen molar-refractivity contribution in [1.29, 1.82) is 0 Å². The van der Waals surface area contributed by atoms with Crippen molar-refractivity contribution in [2.24, 2.45) is 0 Å². The molecular formula is C11H19NOS. The monoisotopic (exact) mass is 213 g/mol. The van der Waals surface area contributed by atoms with Crippen molar-refractivity contribution in [2.75, 3.05) is 27.2 Å². The smallest absolute Gasteiger partial charge is 0.115 e. The number of thiocarbonyl (C=S) groups is 1. The molecule has 80 valence electrons. The summed E-state index contributed by atoms with van der Waals surface area (Å²) in [5, 5.41) is 1.58. The molecule has 3 heteroatoms. The summed E-state index contributed by atoms with van der Waals surface area (Å²) in [7, 11) is 4.12. The molecule has 0 amide bonds. The second kappa shape index (κ2) is 8.91. The van der Waals surface area contributed by atoms with Gasteiger partial charge in [-0.15, -0.1) is 0 Å². The van der Waals surface area contributed by atoms with Crippen molar-refractivity contribution in [3.05, 3.63) is 24.0 Å². The molecule has 0 fully saturated rings. The molecule has 0 atom stereocenters. The van der Waals surface area contributed by atoms with Gasteiger partial charge in [-0.25, -0.2) is 0 Å². The number of ether oxygens (including phenoxy) is 1. The molecule has 0 aromatic carbocycles. The van der Waals surface area contributed by atoms with Crippen LogP contribution in [0.2, 0.25) is 0 Å². The Morgan fingerprint density at radius 2 is 2.14 bits per heavy atom. The van der Waals surface area contributed by atoms with E-state index in [2.05, 4.69) is 31.2 Å². The van der Waals surface area contributed by atoms with Crippen LogP contribution in [0.4, 0.5) is 0 Å². The summed E-state index contributed by atoms with van der Waals surface area (Å²) in [4.78, 5) is 2.14. The van der Waals surface area contributed by atoms with Gasteiger partial charge >= 0.3 is 0 Å². The first-order chi connectivity index (χ1) is 6.70. The van der Waals surface area contributed by atoms with Gasteiger partial charge in [0, 0.05) is 11.9 Å². The number of hydrogen-bond acceptors (Lipinski definition) is 3. The van der Waals surface area contributed by atoms with E-state index in [-0.39, 0.29) is 0 Å². The minimum absolute atomic E-state index is 0.750. The summed E-state index contributed by atoms with van der Waals surface area (Å²) < 4.78 is 5.53. The van der Waals surface area contributed by atoms with Crippen molar-refractivity contribution < 1.29 is 4.74 Å². The molecule has 0 N–H and O–H groups in total. The SMILES string of the molecule is C/C=C(/C=C\C=S)OCCCN(C)C. The Kier molecular flexibility index (Phi) is 8.48. The lowest BCUT2D eigenvalue weighted by Gasteiger charge is -2.10. The zero-order valence-electron chi connectivity index (χ0n) is 9.19. The van der Waals surface area contributed by atoms with Gasteiger partial charge in [0.15, 0.2) is 0 Å². The first kappa shape index (κ1) is 13.3. The number of allylic oxidation sites excluding steroid dienone is 3. The van der Waals surface area contributed by atoms with Gasteiger partial charge in [-0.05, 0) is 45.7 Å². The predicted molar refractivity (Wildman–Crippen MR) is 65.7 cm³/mol. The van der Waals surface area contributed by atoms with Crippen molar-refractivity contribution in [1.82, 2.24) is 4.90 Å². The molecule has 0 aliphatic rings. The van der Waals surface area contributed by atoms with E-state index < -0.39 is 0 Å². The molecule has 14 heavy (non-hydrogen) atoms. The zero-order chi connectivity index (χ0) is 10.8. The van der Waals surface area contributed by atoms with E-state index in [1.165, 1.54) is 0 Å². The Balaban J connectivity index is 3.64. The van der Waals surface area contributed by atoms with Crippen molar-refractivity contribution >= 4 is 17.6 Å². The molecule has 0 radical (unpaired) electrons. The van der Waals surface area contributed by atoms with E-state index in [0.717, 1.165) is 25.3 Å². The second-order valence-electron chi connectivity index (χ2n) is 3.19. The third-order valence-electron chi connectivity index (χ3n) is 1.64. The minimum atomic E-state index is 0.750. The minimum Gasteiger partial charge on any atom is -0.494 e. The van der Waals surface area contributed by atoms with E-state index in [0.29, 0.717) is 0 Å². The largest absolute Gasteiger partial charge is 0.494 e. The molecule has 0 aliphatic heterocycles. The third kappa shape index (κ3) is 7.95. The highest BCUT2D eigenvalue weighted by Crippen LogP contribution is 2.00. The van der Waals surface area contributed by atoms with Gasteiger partial charge in [-0.3, -0.25) is 0 Å². The summed E-state index contributed by atoms with van der Waals surface area (Å²) in [5.41, 5.74) is 0. The van der Waals surface area contributed by atoms with Gasteiger partial charge in [0.25, 0.3) is 0 Å². The molecule has 0 spiro atoms.